The van der Waals surface area contributed by atoms with Crippen molar-refractivity contribution in [3.63, 3.8) is 0 Å². The quantitative estimate of drug-likeness (QED) is 0.902. The Kier molecular flexibility index (Phi) is 4.10. The molecule has 1 amide bonds. The average Bonchev–Trinajstić information content (AvgIpc) is 2.86. The van der Waals surface area contributed by atoms with Crippen molar-refractivity contribution in [1.82, 2.24) is 4.90 Å². The second-order valence-corrected chi connectivity index (χ2v) is 5.34. The van der Waals surface area contributed by atoms with E-state index in [1.807, 2.05) is 31.3 Å². The van der Waals surface area contributed by atoms with Gasteiger partial charge in [-0.1, -0.05) is 31.0 Å². The molecule has 104 valence electrons. The van der Waals surface area contributed by atoms with Crippen LogP contribution in [-0.4, -0.2) is 30.5 Å². The predicted octanol–water partition coefficient (Wildman–Crippen LogP) is 1.93. The van der Waals surface area contributed by atoms with Crippen LogP contribution in [0.3, 0.4) is 0 Å². The van der Waals surface area contributed by atoms with Gasteiger partial charge in [-0.05, 0) is 18.9 Å². The molecule has 0 radical (unpaired) electrons. The monoisotopic (exact) mass is 262 g/mol. The number of methoxy groups -OCH3 is 1. The fourth-order valence-electron chi connectivity index (χ4n) is 2.76. The Morgan fingerprint density at radius 3 is 2.63 bits per heavy atom. The number of ether oxygens (including phenoxy) is 1. The van der Waals surface area contributed by atoms with E-state index >= 15 is 0 Å². The Balaban J connectivity index is 2.08. The molecule has 0 bridgehead atoms. The lowest BCUT2D eigenvalue weighted by molar-refractivity contribution is -0.136. The topological polar surface area (TPSA) is 55.6 Å². The predicted molar refractivity (Wildman–Crippen MR) is 74.9 cm³/mol. The molecule has 1 saturated carbocycles. The highest BCUT2D eigenvalue weighted by Crippen LogP contribution is 2.29. The molecule has 1 aliphatic rings. The van der Waals surface area contributed by atoms with Gasteiger partial charge in [-0.3, -0.25) is 4.79 Å². The van der Waals surface area contributed by atoms with Crippen LogP contribution in [-0.2, 0) is 11.3 Å². The van der Waals surface area contributed by atoms with Crippen molar-refractivity contribution in [3.8, 4) is 5.75 Å². The molecule has 2 rings (SSSR count). The summed E-state index contributed by atoms with van der Waals surface area (Å²) in [5.74, 6) is 0.843. The number of para-hydroxylation sites is 1. The molecule has 19 heavy (non-hydrogen) atoms. The van der Waals surface area contributed by atoms with Gasteiger partial charge in [0, 0.05) is 19.2 Å². The number of hydrogen-bond donors (Lipinski definition) is 1. The van der Waals surface area contributed by atoms with Crippen LogP contribution >= 0.6 is 0 Å². The maximum Gasteiger partial charge on any atom is 0.242 e. The van der Waals surface area contributed by atoms with Gasteiger partial charge in [-0.2, -0.15) is 0 Å². The fourth-order valence-corrected chi connectivity index (χ4v) is 2.76. The van der Waals surface area contributed by atoms with Crippen molar-refractivity contribution >= 4 is 5.91 Å². The van der Waals surface area contributed by atoms with Crippen molar-refractivity contribution in [2.24, 2.45) is 5.73 Å². The summed E-state index contributed by atoms with van der Waals surface area (Å²) in [7, 11) is 3.45. The Morgan fingerprint density at radius 2 is 2.00 bits per heavy atom. The van der Waals surface area contributed by atoms with E-state index in [0.29, 0.717) is 6.54 Å². The lowest BCUT2D eigenvalue weighted by Crippen LogP contribution is -2.52. The van der Waals surface area contributed by atoms with Crippen LogP contribution in [0.25, 0.3) is 0 Å². The van der Waals surface area contributed by atoms with E-state index in [0.717, 1.165) is 37.0 Å². The largest absolute Gasteiger partial charge is 0.496 e. The minimum absolute atomic E-state index is 0.0379. The molecule has 0 unspecified atom stereocenters. The van der Waals surface area contributed by atoms with Gasteiger partial charge in [-0.15, -0.1) is 0 Å². The van der Waals surface area contributed by atoms with E-state index in [2.05, 4.69) is 0 Å². The van der Waals surface area contributed by atoms with Crippen molar-refractivity contribution in [2.45, 2.75) is 37.8 Å². The van der Waals surface area contributed by atoms with Crippen molar-refractivity contribution in [2.75, 3.05) is 14.2 Å². The zero-order valence-electron chi connectivity index (χ0n) is 11.7. The highest BCUT2D eigenvalue weighted by atomic mass is 16.5. The third kappa shape index (κ3) is 2.89. The molecule has 0 heterocycles. The Hall–Kier alpha value is -1.55. The molecule has 4 heteroatoms. The number of carbonyl (C=O) groups excluding carboxylic acids is 1. The van der Waals surface area contributed by atoms with E-state index in [-0.39, 0.29) is 5.91 Å². The highest BCUT2D eigenvalue weighted by molar-refractivity contribution is 5.86. The lowest BCUT2D eigenvalue weighted by Gasteiger charge is -2.29. The molecule has 0 saturated heterocycles. The minimum atomic E-state index is -0.656. The molecule has 0 aromatic heterocycles. The van der Waals surface area contributed by atoms with Gasteiger partial charge in [-0.25, -0.2) is 0 Å². The summed E-state index contributed by atoms with van der Waals surface area (Å²) in [6, 6.07) is 7.75. The molecule has 1 aliphatic carbocycles. The zero-order chi connectivity index (χ0) is 13.9. The number of nitrogens with two attached hydrogens (primary N) is 1. The van der Waals surface area contributed by atoms with Gasteiger partial charge in [0.05, 0.1) is 12.6 Å². The van der Waals surface area contributed by atoms with Gasteiger partial charge in [0.1, 0.15) is 5.75 Å². The number of hydrogen-bond acceptors (Lipinski definition) is 3. The van der Waals surface area contributed by atoms with E-state index in [4.69, 9.17) is 10.5 Å². The first-order valence-electron chi connectivity index (χ1n) is 6.73. The van der Waals surface area contributed by atoms with Gasteiger partial charge in [0.2, 0.25) is 5.91 Å². The summed E-state index contributed by atoms with van der Waals surface area (Å²) in [5, 5.41) is 0. The van der Waals surface area contributed by atoms with Crippen LogP contribution < -0.4 is 10.5 Å². The van der Waals surface area contributed by atoms with E-state index < -0.39 is 5.54 Å². The molecule has 0 atom stereocenters. The Bertz CT molecular complexity index is 453. The number of amides is 1. The smallest absolute Gasteiger partial charge is 0.242 e. The number of likely N-dealkylation sites (N-methyl/N-ethyl adjacent to an activating group) is 1. The number of benzene rings is 1. The zero-order valence-corrected chi connectivity index (χ0v) is 11.7. The normalized spacial score (nSPS) is 17.2. The van der Waals surface area contributed by atoms with Gasteiger partial charge in [0.15, 0.2) is 0 Å². The Labute approximate surface area is 114 Å². The van der Waals surface area contributed by atoms with Crippen LogP contribution in [0.5, 0.6) is 5.75 Å². The second-order valence-electron chi connectivity index (χ2n) is 5.34. The molecule has 1 aromatic carbocycles. The first kappa shape index (κ1) is 13.9. The first-order chi connectivity index (χ1) is 9.07. The number of rotatable bonds is 4. The summed E-state index contributed by atoms with van der Waals surface area (Å²) < 4.78 is 5.31. The molecular formula is C15H22N2O2. The van der Waals surface area contributed by atoms with Crippen molar-refractivity contribution in [3.05, 3.63) is 29.8 Å². The fraction of sp³-hybridized carbons (Fsp3) is 0.533. The van der Waals surface area contributed by atoms with Crippen LogP contribution in [0.15, 0.2) is 24.3 Å². The Morgan fingerprint density at radius 1 is 1.37 bits per heavy atom. The van der Waals surface area contributed by atoms with Crippen molar-refractivity contribution in [1.29, 1.82) is 0 Å². The minimum Gasteiger partial charge on any atom is -0.496 e. The van der Waals surface area contributed by atoms with Gasteiger partial charge in [0.25, 0.3) is 0 Å². The highest BCUT2D eigenvalue weighted by Gasteiger charge is 2.38. The van der Waals surface area contributed by atoms with E-state index in [1.54, 1.807) is 12.0 Å². The molecule has 0 aliphatic heterocycles. The molecule has 4 nitrogen and oxygen atoms in total. The summed E-state index contributed by atoms with van der Waals surface area (Å²) in [4.78, 5) is 14.1. The molecule has 1 fully saturated rings. The lowest BCUT2D eigenvalue weighted by atomic mass is 9.97. The molecule has 1 aromatic rings. The van der Waals surface area contributed by atoms with Crippen molar-refractivity contribution < 1.29 is 9.53 Å². The second kappa shape index (κ2) is 5.61. The van der Waals surface area contributed by atoms with E-state index in [1.165, 1.54) is 0 Å². The van der Waals surface area contributed by atoms with Crippen LogP contribution in [0.4, 0.5) is 0 Å². The standard InChI is InChI=1S/C15H22N2O2/c1-17(14(18)15(16)9-5-6-10-15)11-12-7-3-4-8-13(12)19-2/h3-4,7-8H,5-6,9-11,16H2,1-2H3. The van der Waals surface area contributed by atoms with Gasteiger partial charge >= 0.3 is 0 Å². The van der Waals surface area contributed by atoms with Gasteiger partial charge < -0.3 is 15.4 Å². The van der Waals surface area contributed by atoms with Crippen LogP contribution in [0.1, 0.15) is 31.2 Å². The summed E-state index contributed by atoms with van der Waals surface area (Å²) in [5.41, 5.74) is 6.55. The first-order valence-corrected chi connectivity index (χ1v) is 6.73. The molecule has 0 spiro atoms. The third-order valence-corrected chi connectivity index (χ3v) is 3.87. The molecular weight excluding hydrogens is 240 g/mol. The number of nitrogens with zero attached hydrogens (tertiary/aromatic N) is 1. The molecule has 2 N–H and O–H groups in total. The summed E-state index contributed by atoms with van der Waals surface area (Å²) in [6.45, 7) is 0.530. The van der Waals surface area contributed by atoms with Crippen LogP contribution in [0.2, 0.25) is 0 Å². The van der Waals surface area contributed by atoms with Crippen LogP contribution in [0, 0.1) is 0 Å². The SMILES string of the molecule is COc1ccccc1CN(C)C(=O)C1(N)CCCC1. The average molecular weight is 262 g/mol. The maximum absolute atomic E-state index is 12.4. The summed E-state index contributed by atoms with van der Waals surface area (Å²) in [6.07, 6.45) is 3.68. The van der Waals surface area contributed by atoms with E-state index in [9.17, 15) is 4.79 Å². The third-order valence-electron chi connectivity index (χ3n) is 3.87. The summed E-state index contributed by atoms with van der Waals surface area (Å²) >= 11 is 0. The maximum atomic E-state index is 12.4. The number of carbonyl (C=O) groups is 1.